The van der Waals surface area contributed by atoms with Gasteiger partial charge in [-0.05, 0) is 43.2 Å². The van der Waals surface area contributed by atoms with E-state index in [1.54, 1.807) is 18.2 Å². The van der Waals surface area contributed by atoms with Gasteiger partial charge in [-0.2, -0.15) is 5.26 Å². The predicted molar refractivity (Wildman–Crippen MR) is 64.9 cm³/mol. The summed E-state index contributed by atoms with van der Waals surface area (Å²) in [6, 6.07) is 13.0. The topological polar surface area (TPSA) is 45.9 Å². The van der Waals surface area contributed by atoms with Gasteiger partial charge in [0.15, 0.2) is 0 Å². The lowest BCUT2D eigenvalue weighted by Crippen LogP contribution is -1.91. The molecule has 0 saturated carbocycles. The highest BCUT2D eigenvalue weighted by Gasteiger charge is 2.01. The van der Waals surface area contributed by atoms with Crippen LogP contribution in [0.5, 0.6) is 11.6 Å². The fraction of sp³-hybridized carbons (Fsp3) is 0.143. The van der Waals surface area contributed by atoms with Crippen LogP contribution in [-0.4, -0.2) is 4.98 Å². The number of aromatic nitrogens is 1. The normalized spacial score (nSPS) is 9.71. The van der Waals surface area contributed by atoms with Crippen LogP contribution < -0.4 is 4.74 Å². The molecule has 17 heavy (non-hydrogen) atoms. The summed E-state index contributed by atoms with van der Waals surface area (Å²) in [5.41, 5.74) is 2.74. The largest absolute Gasteiger partial charge is 0.439 e. The number of rotatable bonds is 2. The van der Waals surface area contributed by atoms with Crippen molar-refractivity contribution in [3.05, 3.63) is 53.2 Å². The van der Waals surface area contributed by atoms with E-state index in [0.29, 0.717) is 11.6 Å². The summed E-state index contributed by atoms with van der Waals surface area (Å²) in [6.07, 6.45) is 0. The minimum absolute atomic E-state index is 0.353. The van der Waals surface area contributed by atoms with Crippen molar-refractivity contribution in [3.63, 3.8) is 0 Å². The number of aryl methyl sites for hydroxylation is 2. The zero-order valence-corrected chi connectivity index (χ0v) is 9.77. The van der Waals surface area contributed by atoms with Crippen LogP contribution in [0.25, 0.3) is 0 Å². The van der Waals surface area contributed by atoms with Crippen molar-refractivity contribution in [1.29, 1.82) is 5.26 Å². The lowest BCUT2D eigenvalue weighted by Gasteiger charge is -2.06. The molecule has 1 heterocycles. The van der Waals surface area contributed by atoms with Crippen LogP contribution in [0.15, 0.2) is 36.4 Å². The Balaban J connectivity index is 2.25. The number of nitriles is 1. The first-order valence-electron chi connectivity index (χ1n) is 5.31. The lowest BCUT2D eigenvalue weighted by molar-refractivity contribution is 0.462. The Morgan fingerprint density at radius 1 is 1.12 bits per heavy atom. The third-order valence-corrected chi connectivity index (χ3v) is 2.54. The van der Waals surface area contributed by atoms with Gasteiger partial charge in [0.25, 0.3) is 0 Å². The summed E-state index contributed by atoms with van der Waals surface area (Å²) in [5, 5.41) is 8.74. The summed E-state index contributed by atoms with van der Waals surface area (Å²) in [5.74, 6) is 1.17. The average molecular weight is 224 g/mol. The van der Waals surface area contributed by atoms with Crippen LogP contribution >= 0.6 is 0 Å². The standard InChI is InChI=1S/C14H12N2O/c1-10-6-7-13(8-11(10)2)17-14-5-3-4-12(9-15)16-14/h3-8H,1-2H3. The zero-order valence-electron chi connectivity index (χ0n) is 9.77. The highest BCUT2D eigenvalue weighted by Crippen LogP contribution is 2.22. The van der Waals surface area contributed by atoms with Gasteiger partial charge in [-0.15, -0.1) is 0 Å². The van der Waals surface area contributed by atoms with Crippen LogP contribution in [0.3, 0.4) is 0 Å². The minimum Gasteiger partial charge on any atom is -0.439 e. The highest BCUT2D eigenvalue weighted by atomic mass is 16.5. The first-order chi connectivity index (χ1) is 8.19. The molecule has 2 rings (SSSR count). The third kappa shape index (κ3) is 2.61. The van der Waals surface area contributed by atoms with Crippen LogP contribution in [0.2, 0.25) is 0 Å². The molecule has 0 radical (unpaired) electrons. The van der Waals surface area contributed by atoms with E-state index in [1.165, 1.54) is 11.1 Å². The Bertz CT molecular complexity index is 585. The molecule has 0 aliphatic rings. The average Bonchev–Trinajstić information content (AvgIpc) is 2.34. The maximum absolute atomic E-state index is 8.74. The molecule has 1 aromatic heterocycles. The van der Waals surface area contributed by atoms with Crippen LogP contribution in [0.4, 0.5) is 0 Å². The highest BCUT2D eigenvalue weighted by molar-refractivity contribution is 5.36. The molecule has 0 saturated heterocycles. The van der Waals surface area contributed by atoms with Crippen molar-refractivity contribution >= 4 is 0 Å². The van der Waals surface area contributed by atoms with Crippen molar-refractivity contribution in [3.8, 4) is 17.7 Å². The summed E-state index contributed by atoms with van der Waals surface area (Å²) >= 11 is 0. The van der Waals surface area contributed by atoms with E-state index >= 15 is 0 Å². The lowest BCUT2D eigenvalue weighted by atomic mass is 10.1. The Hall–Kier alpha value is -2.34. The molecule has 0 bridgehead atoms. The smallest absolute Gasteiger partial charge is 0.220 e. The minimum atomic E-state index is 0.353. The molecule has 0 atom stereocenters. The number of hydrogen-bond acceptors (Lipinski definition) is 3. The molecule has 0 N–H and O–H groups in total. The fourth-order valence-electron chi connectivity index (χ4n) is 1.43. The van der Waals surface area contributed by atoms with E-state index in [1.807, 2.05) is 38.1 Å². The van der Waals surface area contributed by atoms with Gasteiger partial charge in [-0.25, -0.2) is 4.98 Å². The number of benzene rings is 1. The van der Waals surface area contributed by atoms with E-state index in [2.05, 4.69) is 4.98 Å². The van der Waals surface area contributed by atoms with Gasteiger partial charge in [0.05, 0.1) is 0 Å². The van der Waals surface area contributed by atoms with Crippen molar-refractivity contribution in [1.82, 2.24) is 4.98 Å². The number of nitrogens with zero attached hydrogens (tertiary/aromatic N) is 2. The molecular weight excluding hydrogens is 212 g/mol. The van der Waals surface area contributed by atoms with Crippen LogP contribution in [0.1, 0.15) is 16.8 Å². The maximum atomic E-state index is 8.74. The first-order valence-corrected chi connectivity index (χ1v) is 5.31. The molecule has 84 valence electrons. The Morgan fingerprint density at radius 2 is 1.94 bits per heavy atom. The first kappa shape index (κ1) is 11.2. The summed E-state index contributed by atoms with van der Waals surface area (Å²) in [4.78, 5) is 4.06. The molecular formula is C14H12N2O. The number of pyridine rings is 1. The second-order valence-corrected chi connectivity index (χ2v) is 3.82. The number of hydrogen-bond donors (Lipinski definition) is 0. The summed E-state index contributed by atoms with van der Waals surface area (Å²) in [7, 11) is 0. The molecule has 1 aromatic carbocycles. The van der Waals surface area contributed by atoms with E-state index in [0.717, 1.165) is 5.75 Å². The van der Waals surface area contributed by atoms with E-state index < -0.39 is 0 Å². The van der Waals surface area contributed by atoms with Gasteiger partial charge in [0.2, 0.25) is 5.88 Å². The van der Waals surface area contributed by atoms with Crippen molar-refractivity contribution in [2.45, 2.75) is 13.8 Å². The molecule has 0 aliphatic carbocycles. The molecule has 0 unspecified atom stereocenters. The SMILES string of the molecule is Cc1ccc(Oc2cccc(C#N)n2)cc1C. The fourth-order valence-corrected chi connectivity index (χ4v) is 1.43. The molecule has 0 spiro atoms. The van der Waals surface area contributed by atoms with Gasteiger partial charge in [-0.3, -0.25) is 0 Å². The van der Waals surface area contributed by atoms with E-state index in [-0.39, 0.29) is 0 Å². The van der Waals surface area contributed by atoms with E-state index in [9.17, 15) is 0 Å². The molecule has 3 nitrogen and oxygen atoms in total. The third-order valence-electron chi connectivity index (χ3n) is 2.54. The van der Waals surface area contributed by atoms with Crippen LogP contribution in [-0.2, 0) is 0 Å². The summed E-state index contributed by atoms with van der Waals surface area (Å²) < 4.78 is 5.59. The van der Waals surface area contributed by atoms with Gasteiger partial charge in [0.1, 0.15) is 17.5 Å². The second kappa shape index (κ2) is 4.67. The molecule has 0 fully saturated rings. The van der Waals surface area contributed by atoms with Crippen molar-refractivity contribution in [2.75, 3.05) is 0 Å². The molecule has 3 heteroatoms. The summed E-state index contributed by atoms with van der Waals surface area (Å²) in [6.45, 7) is 4.08. The number of ether oxygens (including phenoxy) is 1. The van der Waals surface area contributed by atoms with Gasteiger partial charge >= 0.3 is 0 Å². The monoisotopic (exact) mass is 224 g/mol. The second-order valence-electron chi connectivity index (χ2n) is 3.82. The van der Waals surface area contributed by atoms with Crippen molar-refractivity contribution < 1.29 is 4.74 Å². The van der Waals surface area contributed by atoms with Gasteiger partial charge in [0, 0.05) is 6.07 Å². The molecule has 0 amide bonds. The quantitative estimate of drug-likeness (QED) is 0.785. The molecule has 0 aliphatic heterocycles. The van der Waals surface area contributed by atoms with Gasteiger partial charge in [-0.1, -0.05) is 12.1 Å². The molecule has 2 aromatic rings. The maximum Gasteiger partial charge on any atom is 0.220 e. The van der Waals surface area contributed by atoms with E-state index in [4.69, 9.17) is 10.00 Å². The predicted octanol–water partition coefficient (Wildman–Crippen LogP) is 3.36. The van der Waals surface area contributed by atoms with Crippen LogP contribution in [0, 0.1) is 25.2 Å². The Morgan fingerprint density at radius 3 is 2.65 bits per heavy atom. The Kier molecular flexibility index (Phi) is 3.06. The van der Waals surface area contributed by atoms with Crippen molar-refractivity contribution in [2.24, 2.45) is 0 Å². The van der Waals surface area contributed by atoms with Gasteiger partial charge < -0.3 is 4.74 Å². The zero-order chi connectivity index (χ0) is 12.3. The Labute approximate surface area is 100 Å².